The Bertz CT molecular complexity index is 689. The Balaban J connectivity index is 2.31. The lowest BCUT2D eigenvalue weighted by atomic mass is 10.2. The van der Waals surface area contributed by atoms with E-state index < -0.39 is 17.7 Å². The predicted molar refractivity (Wildman–Crippen MR) is 67.7 cm³/mol. The highest BCUT2D eigenvalue weighted by Crippen LogP contribution is 2.32. The topological polar surface area (TPSA) is 59.4 Å². The van der Waals surface area contributed by atoms with Crippen molar-refractivity contribution in [1.82, 2.24) is 4.98 Å². The molecule has 4 nitrogen and oxygen atoms in total. The summed E-state index contributed by atoms with van der Waals surface area (Å²) in [6.07, 6.45) is -3.45. The predicted octanol–water partition coefficient (Wildman–Crippen LogP) is 4.24. The molecule has 8 heteroatoms. The molecule has 110 valence electrons. The van der Waals surface area contributed by atoms with Crippen LogP contribution in [-0.2, 0) is 6.18 Å². The lowest BCUT2D eigenvalue weighted by Crippen LogP contribution is -2.04. The molecular weight excluding hydrogens is 311 g/mol. The maximum absolute atomic E-state index is 12.6. The fourth-order valence-electron chi connectivity index (χ4n) is 1.50. The van der Waals surface area contributed by atoms with Crippen molar-refractivity contribution in [3.05, 3.63) is 52.7 Å². The number of pyridine rings is 1. The van der Waals surface area contributed by atoms with E-state index in [2.05, 4.69) is 4.98 Å². The number of carboxylic acid groups (broad SMARTS) is 1. The number of aromatic nitrogens is 1. The first-order chi connectivity index (χ1) is 9.77. The summed E-state index contributed by atoms with van der Waals surface area (Å²) >= 11 is 5.63. The molecule has 0 fully saturated rings. The van der Waals surface area contributed by atoms with Crippen molar-refractivity contribution in [2.45, 2.75) is 6.18 Å². The number of aromatic carboxylic acids is 1. The molecule has 1 aromatic carbocycles. The van der Waals surface area contributed by atoms with Crippen LogP contribution in [0, 0.1) is 0 Å². The largest absolute Gasteiger partial charge is 0.478 e. The van der Waals surface area contributed by atoms with E-state index in [4.69, 9.17) is 21.4 Å². The van der Waals surface area contributed by atoms with Gasteiger partial charge in [-0.3, -0.25) is 0 Å². The number of alkyl halides is 3. The van der Waals surface area contributed by atoms with Gasteiger partial charge in [0.1, 0.15) is 5.75 Å². The molecule has 21 heavy (non-hydrogen) atoms. The number of hydrogen-bond acceptors (Lipinski definition) is 3. The molecule has 1 heterocycles. The zero-order valence-electron chi connectivity index (χ0n) is 10.2. The van der Waals surface area contributed by atoms with Gasteiger partial charge in [0.15, 0.2) is 0 Å². The number of carboxylic acids is 1. The SMILES string of the molecule is O=C(O)c1cc(Oc2cccc(C(F)(F)F)c2)ncc1Cl. The van der Waals surface area contributed by atoms with Crippen LogP contribution in [0.25, 0.3) is 0 Å². The molecule has 0 aliphatic rings. The van der Waals surface area contributed by atoms with Crippen molar-refractivity contribution in [1.29, 1.82) is 0 Å². The molecule has 2 rings (SSSR count). The zero-order valence-corrected chi connectivity index (χ0v) is 10.9. The van der Waals surface area contributed by atoms with Gasteiger partial charge in [0.05, 0.1) is 22.3 Å². The first-order valence-corrected chi connectivity index (χ1v) is 5.89. The summed E-state index contributed by atoms with van der Waals surface area (Å²) in [6.45, 7) is 0. The minimum Gasteiger partial charge on any atom is -0.478 e. The lowest BCUT2D eigenvalue weighted by molar-refractivity contribution is -0.137. The number of benzene rings is 1. The van der Waals surface area contributed by atoms with E-state index in [-0.39, 0.29) is 22.2 Å². The van der Waals surface area contributed by atoms with Crippen molar-refractivity contribution in [2.75, 3.05) is 0 Å². The van der Waals surface area contributed by atoms with E-state index in [1.165, 1.54) is 12.1 Å². The summed E-state index contributed by atoms with van der Waals surface area (Å²) in [6, 6.07) is 5.19. The summed E-state index contributed by atoms with van der Waals surface area (Å²) in [5.74, 6) is -1.58. The van der Waals surface area contributed by atoms with E-state index >= 15 is 0 Å². The third-order valence-electron chi connectivity index (χ3n) is 2.44. The Labute approximate surface area is 121 Å². The van der Waals surface area contributed by atoms with Crippen LogP contribution < -0.4 is 4.74 Å². The maximum Gasteiger partial charge on any atom is 0.416 e. The van der Waals surface area contributed by atoms with Gasteiger partial charge in [0.25, 0.3) is 0 Å². The second-order valence-corrected chi connectivity index (χ2v) is 4.34. The van der Waals surface area contributed by atoms with Crippen molar-refractivity contribution in [2.24, 2.45) is 0 Å². The van der Waals surface area contributed by atoms with Gasteiger partial charge in [-0.1, -0.05) is 17.7 Å². The molecule has 0 bridgehead atoms. The van der Waals surface area contributed by atoms with Crippen molar-refractivity contribution < 1.29 is 27.8 Å². The number of rotatable bonds is 3. The number of carbonyl (C=O) groups is 1. The lowest BCUT2D eigenvalue weighted by Gasteiger charge is -2.10. The Morgan fingerprint density at radius 3 is 2.62 bits per heavy atom. The quantitative estimate of drug-likeness (QED) is 0.919. The third-order valence-corrected chi connectivity index (χ3v) is 2.75. The molecule has 1 aromatic heterocycles. The van der Waals surface area contributed by atoms with Gasteiger partial charge in [-0.25, -0.2) is 9.78 Å². The Hall–Kier alpha value is -2.28. The van der Waals surface area contributed by atoms with Crippen LogP contribution in [-0.4, -0.2) is 16.1 Å². The Kier molecular flexibility index (Phi) is 4.04. The average molecular weight is 318 g/mol. The van der Waals surface area contributed by atoms with Crippen LogP contribution in [0.3, 0.4) is 0 Å². The second kappa shape index (κ2) is 5.61. The number of hydrogen-bond donors (Lipinski definition) is 1. The Morgan fingerprint density at radius 1 is 1.29 bits per heavy atom. The van der Waals surface area contributed by atoms with Crippen LogP contribution in [0.5, 0.6) is 11.6 Å². The average Bonchev–Trinajstić information content (AvgIpc) is 2.40. The van der Waals surface area contributed by atoms with Gasteiger partial charge in [0.2, 0.25) is 5.88 Å². The summed E-state index contributed by atoms with van der Waals surface area (Å²) < 4.78 is 42.8. The van der Waals surface area contributed by atoms with Gasteiger partial charge in [-0.2, -0.15) is 13.2 Å². The van der Waals surface area contributed by atoms with E-state index in [0.29, 0.717) is 0 Å². The normalized spacial score (nSPS) is 11.2. The van der Waals surface area contributed by atoms with Crippen LogP contribution in [0.4, 0.5) is 13.2 Å². The molecule has 0 unspecified atom stereocenters. The molecule has 0 spiro atoms. The van der Waals surface area contributed by atoms with Crippen LogP contribution >= 0.6 is 11.6 Å². The Morgan fingerprint density at radius 2 is 2.00 bits per heavy atom. The van der Waals surface area contributed by atoms with E-state index in [1.807, 2.05) is 0 Å². The highest BCUT2D eigenvalue weighted by molar-refractivity contribution is 6.33. The summed E-state index contributed by atoms with van der Waals surface area (Å²) in [4.78, 5) is 14.6. The highest BCUT2D eigenvalue weighted by Gasteiger charge is 2.30. The standard InChI is InChI=1S/C13H7ClF3NO3/c14-10-6-18-11(5-9(10)12(19)20)21-8-3-1-2-7(4-8)13(15,16)17/h1-6H,(H,19,20). The first-order valence-electron chi connectivity index (χ1n) is 5.51. The van der Waals surface area contributed by atoms with Crippen molar-refractivity contribution in [3.63, 3.8) is 0 Å². The molecule has 2 aromatic rings. The third kappa shape index (κ3) is 3.63. The van der Waals surface area contributed by atoms with Gasteiger partial charge in [-0.05, 0) is 18.2 Å². The van der Waals surface area contributed by atoms with E-state index in [1.54, 1.807) is 0 Å². The molecular formula is C13H7ClF3NO3. The first kappa shape index (κ1) is 15.1. The smallest absolute Gasteiger partial charge is 0.416 e. The minimum atomic E-state index is -4.50. The molecule has 0 atom stereocenters. The zero-order chi connectivity index (χ0) is 15.6. The number of ether oxygens (including phenoxy) is 1. The second-order valence-electron chi connectivity index (χ2n) is 3.94. The molecule has 0 amide bonds. The minimum absolute atomic E-state index is 0.0982. The summed E-state index contributed by atoms with van der Waals surface area (Å²) in [5.41, 5.74) is -1.14. The summed E-state index contributed by atoms with van der Waals surface area (Å²) in [5, 5.41) is 8.79. The monoisotopic (exact) mass is 317 g/mol. The molecule has 1 N–H and O–H groups in total. The molecule has 0 radical (unpaired) electrons. The number of halogens is 4. The molecule has 0 aliphatic carbocycles. The number of nitrogens with zero attached hydrogens (tertiary/aromatic N) is 1. The van der Waals surface area contributed by atoms with Gasteiger partial charge in [0, 0.05) is 6.07 Å². The van der Waals surface area contributed by atoms with E-state index in [0.717, 1.165) is 24.4 Å². The molecule has 0 saturated carbocycles. The highest BCUT2D eigenvalue weighted by atomic mass is 35.5. The van der Waals surface area contributed by atoms with Crippen LogP contribution in [0.1, 0.15) is 15.9 Å². The van der Waals surface area contributed by atoms with E-state index in [9.17, 15) is 18.0 Å². The van der Waals surface area contributed by atoms with Crippen LogP contribution in [0.2, 0.25) is 5.02 Å². The summed E-state index contributed by atoms with van der Waals surface area (Å²) in [7, 11) is 0. The van der Waals surface area contributed by atoms with Gasteiger partial charge < -0.3 is 9.84 Å². The fourth-order valence-corrected chi connectivity index (χ4v) is 1.68. The van der Waals surface area contributed by atoms with Crippen molar-refractivity contribution >= 4 is 17.6 Å². The molecule has 0 saturated heterocycles. The van der Waals surface area contributed by atoms with Gasteiger partial charge >= 0.3 is 12.1 Å². The molecule has 0 aliphatic heterocycles. The van der Waals surface area contributed by atoms with Crippen molar-refractivity contribution in [3.8, 4) is 11.6 Å². The fraction of sp³-hybridized carbons (Fsp3) is 0.0769. The van der Waals surface area contributed by atoms with Gasteiger partial charge in [-0.15, -0.1) is 0 Å². The maximum atomic E-state index is 12.6. The van der Waals surface area contributed by atoms with Crippen LogP contribution in [0.15, 0.2) is 36.5 Å².